The summed E-state index contributed by atoms with van der Waals surface area (Å²) in [4.78, 5) is 0. The Labute approximate surface area is 114 Å². The zero-order chi connectivity index (χ0) is 13.5. The number of ether oxygens (including phenoxy) is 2. The Hall–Kier alpha value is -1.10. The van der Waals surface area contributed by atoms with Gasteiger partial charge in [0.05, 0.1) is 19.3 Å². The van der Waals surface area contributed by atoms with Gasteiger partial charge in [-0.15, -0.1) is 0 Å². The van der Waals surface area contributed by atoms with Crippen molar-refractivity contribution in [3.63, 3.8) is 0 Å². The van der Waals surface area contributed by atoms with Crippen molar-refractivity contribution in [3.05, 3.63) is 29.8 Å². The van der Waals surface area contributed by atoms with Crippen LogP contribution in [0.15, 0.2) is 24.3 Å². The van der Waals surface area contributed by atoms with Gasteiger partial charge in [0.2, 0.25) is 0 Å². The zero-order valence-electron chi connectivity index (χ0n) is 11.5. The summed E-state index contributed by atoms with van der Waals surface area (Å²) >= 11 is 0. The third-order valence-corrected chi connectivity index (χ3v) is 3.48. The normalized spacial score (nSPS) is 20.4. The molecule has 0 aliphatic carbocycles. The molecule has 1 aromatic rings. The van der Waals surface area contributed by atoms with Gasteiger partial charge in [-0.1, -0.05) is 12.1 Å². The van der Waals surface area contributed by atoms with Gasteiger partial charge in [-0.05, 0) is 43.5 Å². The molecular weight excluding hydrogens is 242 g/mol. The molecule has 0 amide bonds. The van der Waals surface area contributed by atoms with Gasteiger partial charge in [-0.25, -0.2) is 0 Å². The number of aliphatic hydroxyl groups is 1. The Morgan fingerprint density at radius 1 is 1.53 bits per heavy atom. The lowest BCUT2D eigenvalue weighted by molar-refractivity contribution is 0.102. The van der Waals surface area contributed by atoms with E-state index in [1.807, 2.05) is 24.3 Å². The first-order valence-corrected chi connectivity index (χ1v) is 6.94. The Balaban J connectivity index is 1.69. The molecule has 2 unspecified atom stereocenters. The Kier molecular flexibility index (Phi) is 5.63. The Morgan fingerprint density at radius 3 is 3.16 bits per heavy atom. The van der Waals surface area contributed by atoms with Crippen molar-refractivity contribution < 1.29 is 14.6 Å². The molecule has 2 N–H and O–H groups in total. The third-order valence-electron chi connectivity index (χ3n) is 3.48. The van der Waals surface area contributed by atoms with Crippen LogP contribution in [0.2, 0.25) is 0 Å². The molecule has 0 spiro atoms. The van der Waals surface area contributed by atoms with Crippen LogP contribution in [0.3, 0.4) is 0 Å². The molecule has 4 nitrogen and oxygen atoms in total. The molecule has 19 heavy (non-hydrogen) atoms. The summed E-state index contributed by atoms with van der Waals surface area (Å²) in [6.07, 6.45) is 3.27. The maximum absolute atomic E-state index is 10.1. The number of rotatable bonds is 7. The lowest BCUT2D eigenvalue weighted by Crippen LogP contribution is -2.25. The van der Waals surface area contributed by atoms with Gasteiger partial charge < -0.3 is 19.9 Å². The van der Waals surface area contributed by atoms with Crippen molar-refractivity contribution in [2.24, 2.45) is 0 Å². The second kappa shape index (κ2) is 7.48. The van der Waals surface area contributed by atoms with E-state index in [1.165, 1.54) is 12.8 Å². The van der Waals surface area contributed by atoms with Crippen LogP contribution in [0.4, 0.5) is 0 Å². The third kappa shape index (κ3) is 4.49. The first kappa shape index (κ1) is 14.3. The van der Waals surface area contributed by atoms with Crippen LogP contribution in [0.25, 0.3) is 0 Å². The molecule has 1 heterocycles. The highest BCUT2D eigenvalue weighted by molar-refractivity contribution is 5.29. The van der Waals surface area contributed by atoms with Gasteiger partial charge in [-0.2, -0.15) is 0 Å². The summed E-state index contributed by atoms with van der Waals surface area (Å²) in [5.41, 5.74) is 0.879. The fourth-order valence-corrected chi connectivity index (χ4v) is 2.34. The van der Waals surface area contributed by atoms with E-state index in [1.54, 1.807) is 7.11 Å². The molecule has 0 aromatic heterocycles. The lowest BCUT2D eigenvalue weighted by atomic mass is 10.1. The highest BCUT2D eigenvalue weighted by Crippen LogP contribution is 2.18. The number of hydrogen-bond donors (Lipinski definition) is 2. The van der Waals surface area contributed by atoms with Crippen LogP contribution >= 0.6 is 0 Å². The van der Waals surface area contributed by atoms with Crippen molar-refractivity contribution in [2.75, 3.05) is 26.8 Å². The minimum Gasteiger partial charge on any atom is -0.497 e. The summed E-state index contributed by atoms with van der Waals surface area (Å²) in [7, 11) is 1.63. The van der Waals surface area contributed by atoms with E-state index in [0.717, 1.165) is 30.9 Å². The second-order valence-electron chi connectivity index (χ2n) is 4.92. The smallest absolute Gasteiger partial charge is 0.119 e. The molecule has 1 aliphatic rings. The molecule has 0 bridgehead atoms. The predicted molar refractivity (Wildman–Crippen MR) is 74.4 cm³/mol. The van der Waals surface area contributed by atoms with E-state index < -0.39 is 6.10 Å². The van der Waals surface area contributed by atoms with Crippen LogP contribution in [0.5, 0.6) is 5.75 Å². The molecule has 1 aromatic carbocycles. The van der Waals surface area contributed by atoms with Crippen LogP contribution in [0.1, 0.15) is 30.9 Å². The molecule has 2 atom stereocenters. The fraction of sp³-hybridized carbons (Fsp3) is 0.600. The Bertz CT molecular complexity index is 377. The summed E-state index contributed by atoms with van der Waals surface area (Å²) in [5.74, 6) is 0.774. The van der Waals surface area contributed by atoms with Crippen LogP contribution in [-0.4, -0.2) is 38.0 Å². The predicted octanol–water partition coefficient (Wildman–Crippen LogP) is 1.89. The molecule has 1 fully saturated rings. The molecule has 0 saturated carbocycles. The van der Waals surface area contributed by atoms with Gasteiger partial charge in [0.25, 0.3) is 0 Å². The number of benzene rings is 1. The van der Waals surface area contributed by atoms with Crippen LogP contribution < -0.4 is 10.1 Å². The van der Waals surface area contributed by atoms with E-state index in [0.29, 0.717) is 12.6 Å². The average molecular weight is 265 g/mol. The minimum atomic E-state index is -0.500. The average Bonchev–Trinajstić information content (AvgIpc) is 2.96. The molecule has 4 heteroatoms. The highest BCUT2D eigenvalue weighted by atomic mass is 16.5. The van der Waals surface area contributed by atoms with Gasteiger partial charge in [0.1, 0.15) is 5.75 Å². The summed E-state index contributed by atoms with van der Waals surface area (Å²) in [6.45, 7) is 2.34. The topological polar surface area (TPSA) is 50.7 Å². The summed E-state index contributed by atoms with van der Waals surface area (Å²) < 4.78 is 10.7. The standard InChI is InChI=1S/C15H23NO3/c1-18-14-5-2-4-12(10-14)15(17)11-16-8-7-13-6-3-9-19-13/h2,4-5,10,13,15-17H,3,6-9,11H2,1H3. The van der Waals surface area contributed by atoms with Gasteiger partial charge in [-0.3, -0.25) is 0 Å². The van der Waals surface area contributed by atoms with Crippen LogP contribution in [-0.2, 0) is 4.74 Å². The van der Waals surface area contributed by atoms with Crippen molar-refractivity contribution in [1.82, 2.24) is 5.32 Å². The van der Waals surface area contributed by atoms with E-state index in [4.69, 9.17) is 9.47 Å². The SMILES string of the molecule is COc1cccc(C(O)CNCCC2CCCO2)c1. The fourth-order valence-electron chi connectivity index (χ4n) is 2.34. The lowest BCUT2D eigenvalue weighted by Gasteiger charge is -2.14. The maximum atomic E-state index is 10.1. The van der Waals surface area contributed by atoms with Crippen molar-refractivity contribution in [2.45, 2.75) is 31.5 Å². The molecular formula is C15H23NO3. The summed E-state index contributed by atoms with van der Waals surface area (Å²) in [5, 5.41) is 13.4. The first-order chi connectivity index (χ1) is 9.29. The molecule has 1 aliphatic heterocycles. The zero-order valence-corrected chi connectivity index (χ0v) is 11.5. The van der Waals surface area contributed by atoms with E-state index >= 15 is 0 Å². The van der Waals surface area contributed by atoms with Crippen molar-refractivity contribution >= 4 is 0 Å². The Morgan fingerprint density at radius 2 is 2.42 bits per heavy atom. The maximum Gasteiger partial charge on any atom is 0.119 e. The number of aliphatic hydroxyl groups excluding tert-OH is 1. The highest BCUT2D eigenvalue weighted by Gasteiger charge is 2.15. The summed E-state index contributed by atoms with van der Waals surface area (Å²) in [6, 6.07) is 7.55. The molecule has 0 radical (unpaired) electrons. The number of methoxy groups -OCH3 is 1. The van der Waals surface area contributed by atoms with E-state index in [-0.39, 0.29) is 0 Å². The van der Waals surface area contributed by atoms with Gasteiger partial charge in [0.15, 0.2) is 0 Å². The quantitative estimate of drug-likeness (QED) is 0.739. The second-order valence-corrected chi connectivity index (χ2v) is 4.92. The van der Waals surface area contributed by atoms with Crippen molar-refractivity contribution in [1.29, 1.82) is 0 Å². The number of hydrogen-bond acceptors (Lipinski definition) is 4. The largest absolute Gasteiger partial charge is 0.497 e. The van der Waals surface area contributed by atoms with Crippen LogP contribution in [0, 0.1) is 0 Å². The van der Waals surface area contributed by atoms with Gasteiger partial charge in [0, 0.05) is 13.2 Å². The molecule has 2 rings (SSSR count). The number of nitrogens with one attached hydrogen (secondary N) is 1. The minimum absolute atomic E-state index is 0.404. The molecule has 106 valence electrons. The van der Waals surface area contributed by atoms with Crippen molar-refractivity contribution in [3.8, 4) is 5.75 Å². The van der Waals surface area contributed by atoms with E-state index in [2.05, 4.69) is 5.32 Å². The van der Waals surface area contributed by atoms with E-state index in [9.17, 15) is 5.11 Å². The molecule has 1 saturated heterocycles. The first-order valence-electron chi connectivity index (χ1n) is 6.94. The van der Waals surface area contributed by atoms with Gasteiger partial charge >= 0.3 is 0 Å². The monoisotopic (exact) mass is 265 g/mol.